The summed E-state index contributed by atoms with van der Waals surface area (Å²) in [6.45, 7) is 4.81. The van der Waals surface area contributed by atoms with Crippen LogP contribution in [0.2, 0.25) is 0 Å². The molecule has 1 aliphatic heterocycles. The Morgan fingerprint density at radius 2 is 1.83 bits per heavy atom. The number of carbonyl (C=O) groups is 2. The van der Waals surface area contributed by atoms with Gasteiger partial charge in [0.2, 0.25) is 0 Å². The Kier molecular flexibility index (Phi) is 6.01. The maximum Gasteiger partial charge on any atom is 0.340 e. The van der Waals surface area contributed by atoms with Crippen LogP contribution in [0.3, 0.4) is 0 Å². The van der Waals surface area contributed by atoms with Crippen molar-refractivity contribution in [1.82, 2.24) is 9.88 Å². The van der Waals surface area contributed by atoms with Crippen molar-refractivity contribution in [3.63, 3.8) is 0 Å². The van der Waals surface area contributed by atoms with Gasteiger partial charge in [0, 0.05) is 35.0 Å². The summed E-state index contributed by atoms with van der Waals surface area (Å²) in [7, 11) is 3.22. The van der Waals surface area contributed by atoms with E-state index in [4.69, 9.17) is 14.2 Å². The van der Waals surface area contributed by atoms with Gasteiger partial charge in [0.05, 0.1) is 32.1 Å². The van der Waals surface area contributed by atoms with Gasteiger partial charge in [0.1, 0.15) is 0 Å². The minimum Gasteiger partial charge on any atom is -0.493 e. The lowest BCUT2D eigenvalue weighted by atomic mass is 9.93. The number of fused-ring (bicyclic) bond motifs is 3. The SMILES string of the molecule is CCOC(=O)c1c(-c2cccc(C(=O)NC3CC3)c2)c(C)n2c1-c1cc(OC)c(OC)cc1CC2. The van der Waals surface area contributed by atoms with Crippen molar-refractivity contribution >= 4 is 11.9 Å². The summed E-state index contributed by atoms with van der Waals surface area (Å²) >= 11 is 0. The number of nitrogens with one attached hydrogen (secondary N) is 1. The van der Waals surface area contributed by atoms with E-state index >= 15 is 0 Å². The first-order chi connectivity index (χ1) is 17.0. The molecule has 2 heterocycles. The first-order valence-electron chi connectivity index (χ1n) is 12.0. The fraction of sp³-hybridized carbons (Fsp3) is 0.357. The Morgan fingerprint density at radius 3 is 2.51 bits per heavy atom. The van der Waals surface area contributed by atoms with Crippen molar-refractivity contribution < 1.29 is 23.8 Å². The smallest absolute Gasteiger partial charge is 0.340 e. The molecule has 1 aromatic heterocycles. The van der Waals surface area contributed by atoms with Gasteiger partial charge in [-0.1, -0.05) is 12.1 Å². The highest BCUT2D eigenvalue weighted by atomic mass is 16.5. The van der Waals surface area contributed by atoms with E-state index in [0.29, 0.717) is 22.6 Å². The van der Waals surface area contributed by atoms with Crippen LogP contribution >= 0.6 is 0 Å². The van der Waals surface area contributed by atoms with E-state index in [1.807, 2.05) is 43.3 Å². The van der Waals surface area contributed by atoms with E-state index in [-0.39, 0.29) is 24.5 Å². The summed E-state index contributed by atoms with van der Waals surface area (Å²) in [5.41, 5.74) is 6.49. The lowest BCUT2D eigenvalue weighted by Crippen LogP contribution is -2.25. The molecule has 1 amide bonds. The van der Waals surface area contributed by atoms with Crippen LogP contribution in [-0.2, 0) is 17.7 Å². The van der Waals surface area contributed by atoms with Crippen LogP contribution in [0.25, 0.3) is 22.4 Å². The number of aromatic nitrogens is 1. The normalized spacial score (nSPS) is 14.1. The zero-order valence-corrected chi connectivity index (χ0v) is 20.6. The molecule has 1 N–H and O–H groups in total. The second-order valence-corrected chi connectivity index (χ2v) is 9.00. The zero-order valence-electron chi connectivity index (χ0n) is 20.6. The van der Waals surface area contributed by atoms with Crippen molar-refractivity contribution in [2.75, 3.05) is 20.8 Å². The highest BCUT2D eigenvalue weighted by Crippen LogP contribution is 2.45. The molecule has 7 nitrogen and oxygen atoms in total. The van der Waals surface area contributed by atoms with E-state index in [1.54, 1.807) is 21.1 Å². The molecule has 2 aliphatic rings. The summed E-state index contributed by atoms with van der Waals surface area (Å²) in [5, 5.41) is 3.05. The Morgan fingerprint density at radius 1 is 1.09 bits per heavy atom. The Hall–Kier alpha value is -3.74. The van der Waals surface area contributed by atoms with Gasteiger partial charge in [-0.2, -0.15) is 0 Å². The summed E-state index contributed by atoms with van der Waals surface area (Å²) < 4.78 is 18.8. The summed E-state index contributed by atoms with van der Waals surface area (Å²) in [5.74, 6) is 0.801. The molecule has 7 heteroatoms. The van der Waals surface area contributed by atoms with Crippen LogP contribution in [-0.4, -0.2) is 43.3 Å². The van der Waals surface area contributed by atoms with Crippen LogP contribution in [0.15, 0.2) is 36.4 Å². The number of nitrogens with zero attached hydrogens (tertiary/aromatic N) is 1. The average molecular weight is 475 g/mol. The molecular weight excluding hydrogens is 444 g/mol. The third-order valence-corrected chi connectivity index (χ3v) is 6.80. The number of hydrogen-bond donors (Lipinski definition) is 1. The number of aryl methyl sites for hydroxylation is 1. The molecule has 3 aromatic rings. The van der Waals surface area contributed by atoms with Crippen molar-refractivity contribution in [1.29, 1.82) is 0 Å². The van der Waals surface area contributed by atoms with Gasteiger partial charge in [-0.15, -0.1) is 0 Å². The van der Waals surface area contributed by atoms with Crippen LogP contribution in [0.4, 0.5) is 0 Å². The Bertz CT molecular complexity index is 1320. The summed E-state index contributed by atoms with van der Waals surface area (Å²) in [4.78, 5) is 26.2. The Labute approximate surface area is 205 Å². The van der Waals surface area contributed by atoms with Gasteiger partial charge < -0.3 is 24.1 Å². The van der Waals surface area contributed by atoms with Gasteiger partial charge in [-0.3, -0.25) is 4.79 Å². The number of esters is 1. The fourth-order valence-electron chi connectivity index (χ4n) is 4.94. The van der Waals surface area contributed by atoms with Crippen molar-refractivity contribution in [2.45, 2.75) is 45.7 Å². The lowest BCUT2D eigenvalue weighted by molar-refractivity contribution is 0.0528. The Balaban J connectivity index is 1.71. The maximum absolute atomic E-state index is 13.4. The molecule has 0 atom stereocenters. The number of methoxy groups -OCH3 is 2. The predicted octanol–water partition coefficient (Wildman–Crippen LogP) is 4.77. The summed E-state index contributed by atoms with van der Waals surface area (Å²) in [6.07, 6.45) is 2.85. The van der Waals surface area contributed by atoms with Crippen molar-refractivity contribution in [3.8, 4) is 33.9 Å². The largest absolute Gasteiger partial charge is 0.493 e. The molecule has 0 radical (unpaired) electrons. The third kappa shape index (κ3) is 4.05. The third-order valence-electron chi connectivity index (χ3n) is 6.80. The van der Waals surface area contributed by atoms with E-state index in [2.05, 4.69) is 9.88 Å². The van der Waals surface area contributed by atoms with E-state index < -0.39 is 0 Å². The number of rotatable bonds is 7. The lowest BCUT2D eigenvalue weighted by Gasteiger charge is -2.23. The topological polar surface area (TPSA) is 78.8 Å². The number of amides is 1. The highest BCUT2D eigenvalue weighted by molar-refractivity contribution is 6.06. The zero-order chi connectivity index (χ0) is 24.7. The van der Waals surface area contributed by atoms with Gasteiger partial charge >= 0.3 is 5.97 Å². The number of carbonyl (C=O) groups excluding carboxylic acids is 2. The monoisotopic (exact) mass is 474 g/mol. The standard InChI is InChI=1S/C28H30N2O5/c1-5-35-28(32)25-24(18-7-6-8-19(13-18)27(31)29-20-9-10-20)16(2)30-12-11-17-14-22(33-3)23(34-4)15-21(17)26(25)30/h6-8,13-15,20H,5,9-12H2,1-4H3,(H,29,31). The molecule has 2 aromatic carbocycles. The quantitative estimate of drug-likeness (QED) is 0.499. The van der Waals surface area contributed by atoms with Gasteiger partial charge in [0.25, 0.3) is 5.91 Å². The molecule has 35 heavy (non-hydrogen) atoms. The second kappa shape index (κ2) is 9.13. The van der Waals surface area contributed by atoms with Gasteiger partial charge in [-0.25, -0.2) is 4.79 Å². The minimum atomic E-state index is -0.380. The van der Waals surface area contributed by atoms with E-state index in [9.17, 15) is 9.59 Å². The summed E-state index contributed by atoms with van der Waals surface area (Å²) in [6, 6.07) is 11.7. The highest BCUT2D eigenvalue weighted by Gasteiger charge is 2.32. The average Bonchev–Trinajstić information content (AvgIpc) is 3.64. The van der Waals surface area contributed by atoms with Crippen molar-refractivity contribution in [3.05, 3.63) is 58.8 Å². The fourth-order valence-corrected chi connectivity index (χ4v) is 4.94. The molecule has 0 bridgehead atoms. The second-order valence-electron chi connectivity index (χ2n) is 9.00. The predicted molar refractivity (Wildman–Crippen MR) is 133 cm³/mol. The molecule has 182 valence electrons. The minimum absolute atomic E-state index is 0.0872. The van der Waals surface area contributed by atoms with Crippen LogP contribution in [0, 0.1) is 6.92 Å². The number of hydrogen-bond acceptors (Lipinski definition) is 5. The number of ether oxygens (including phenoxy) is 3. The van der Waals surface area contributed by atoms with Crippen LogP contribution in [0.5, 0.6) is 11.5 Å². The molecule has 0 saturated heterocycles. The first kappa shape index (κ1) is 23.0. The van der Waals surface area contributed by atoms with Gasteiger partial charge in [-0.05, 0) is 68.5 Å². The maximum atomic E-state index is 13.4. The first-order valence-corrected chi connectivity index (χ1v) is 12.0. The molecule has 0 spiro atoms. The molecule has 5 rings (SSSR count). The van der Waals surface area contributed by atoms with E-state index in [0.717, 1.165) is 59.4 Å². The molecular formula is C28H30N2O5. The molecule has 1 fully saturated rings. The molecule has 1 saturated carbocycles. The van der Waals surface area contributed by atoms with E-state index in [1.165, 1.54) is 0 Å². The van der Waals surface area contributed by atoms with Crippen LogP contribution < -0.4 is 14.8 Å². The van der Waals surface area contributed by atoms with Gasteiger partial charge in [0.15, 0.2) is 11.5 Å². The van der Waals surface area contributed by atoms with Crippen LogP contribution in [0.1, 0.15) is 51.7 Å². The van der Waals surface area contributed by atoms with Crippen molar-refractivity contribution in [2.24, 2.45) is 0 Å². The molecule has 0 unspecified atom stereocenters. The molecule has 1 aliphatic carbocycles. The number of benzene rings is 2.